The van der Waals surface area contributed by atoms with Crippen LogP contribution in [0.2, 0.25) is 10.0 Å². The Balaban J connectivity index is 2.16. The number of halogens is 2. The molecule has 0 radical (unpaired) electrons. The van der Waals surface area contributed by atoms with Crippen LogP contribution in [-0.4, -0.2) is 54.6 Å². The summed E-state index contributed by atoms with van der Waals surface area (Å²) in [5.41, 5.74) is 0.0692. The van der Waals surface area contributed by atoms with E-state index in [4.69, 9.17) is 23.2 Å². The zero-order valence-electron chi connectivity index (χ0n) is 20.7. The number of nitrogens with one attached hydrogen (secondary N) is 1. The molecule has 2 aromatic carbocycles. The summed E-state index contributed by atoms with van der Waals surface area (Å²) in [7, 11) is -2.18. The van der Waals surface area contributed by atoms with Gasteiger partial charge in [0.15, 0.2) is 0 Å². The summed E-state index contributed by atoms with van der Waals surface area (Å²) in [6.07, 6.45) is 0.325. The lowest BCUT2D eigenvalue weighted by Gasteiger charge is -2.32. The SMILES string of the molecule is C[C@@H](C(=O)NC(C)(C)C)N(Cc1c(Cl)cccc1Cl)C(=O)CCCN(C)S(=O)(=O)c1ccccc1. The van der Waals surface area contributed by atoms with Gasteiger partial charge in [-0.1, -0.05) is 47.5 Å². The Kier molecular flexibility index (Phi) is 10.2. The van der Waals surface area contributed by atoms with Crippen molar-refractivity contribution in [2.75, 3.05) is 13.6 Å². The van der Waals surface area contributed by atoms with Crippen LogP contribution in [0.15, 0.2) is 53.4 Å². The van der Waals surface area contributed by atoms with Crippen molar-refractivity contribution in [1.29, 1.82) is 0 Å². The molecule has 1 N–H and O–H groups in total. The highest BCUT2D eigenvalue weighted by Gasteiger charge is 2.29. The number of hydrogen-bond donors (Lipinski definition) is 1. The van der Waals surface area contributed by atoms with Crippen molar-refractivity contribution in [2.45, 2.75) is 63.6 Å². The fourth-order valence-electron chi connectivity index (χ4n) is 3.40. The van der Waals surface area contributed by atoms with E-state index in [1.165, 1.54) is 28.4 Å². The molecule has 0 fully saturated rings. The summed E-state index contributed by atoms with van der Waals surface area (Å²) in [4.78, 5) is 27.8. The van der Waals surface area contributed by atoms with Gasteiger partial charge in [-0.25, -0.2) is 12.7 Å². The predicted octanol–water partition coefficient (Wildman–Crippen LogP) is 4.73. The smallest absolute Gasteiger partial charge is 0.242 e. The normalized spacial score (nSPS) is 12.9. The minimum atomic E-state index is -3.66. The van der Waals surface area contributed by atoms with Crippen molar-refractivity contribution < 1.29 is 18.0 Å². The summed E-state index contributed by atoms with van der Waals surface area (Å²) in [6, 6.07) is 12.4. The number of amides is 2. The molecule has 7 nitrogen and oxygen atoms in total. The molecule has 1 atom stereocenters. The summed E-state index contributed by atoms with van der Waals surface area (Å²) in [5, 5.41) is 3.69. The van der Waals surface area contributed by atoms with Crippen molar-refractivity contribution in [3.63, 3.8) is 0 Å². The van der Waals surface area contributed by atoms with Crippen molar-refractivity contribution in [3.05, 3.63) is 64.1 Å². The fraction of sp³-hybridized carbons (Fsp3) is 0.440. The van der Waals surface area contributed by atoms with Gasteiger partial charge in [0.2, 0.25) is 21.8 Å². The minimum Gasteiger partial charge on any atom is -0.350 e. The van der Waals surface area contributed by atoms with Crippen LogP contribution in [0.3, 0.4) is 0 Å². The number of benzene rings is 2. The number of nitrogens with zero attached hydrogens (tertiary/aromatic N) is 2. The van der Waals surface area contributed by atoms with E-state index in [2.05, 4.69) is 5.32 Å². The zero-order chi connectivity index (χ0) is 26.4. The Bertz CT molecular complexity index is 1110. The maximum atomic E-state index is 13.3. The summed E-state index contributed by atoms with van der Waals surface area (Å²) < 4.78 is 26.7. The Hall–Kier alpha value is -2.13. The van der Waals surface area contributed by atoms with Crippen molar-refractivity contribution in [1.82, 2.24) is 14.5 Å². The first-order valence-electron chi connectivity index (χ1n) is 11.3. The fourth-order valence-corrected chi connectivity index (χ4v) is 5.15. The number of carbonyl (C=O) groups is 2. The van der Waals surface area contributed by atoms with Gasteiger partial charge < -0.3 is 10.2 Å². The summed E-state index contributed by atoms with van der Waals surface area (Å²) in [6.45, 7) is 7.42. The van der Waals surface area contributed by atoms with E-state index in [0.29, 0.717) is 15.6 Å². The highest BCUT2D eigenvalue weighted by Crippen LogP contribution is 2.27. The van der Waals surface area contributed by atoms with E-state index in [1.54, 1.807) is 43.3 Å². The molecule has 0 aliphatic carbocycles. The quantitative estimate of drug-likeness (QED) is 0.471. The van der Waals surface area contributed by atoms with Crippen LogP contribution in [-0.2, 0) is 26.2 Å². The molecule has 2 aromatic rings. The van der Waals surface area contributed by atoms with Crippen LogP contribution in [0.1, 0.15) is 46.1 Å². The third-order valence-electron chi connectivity index (χ3n) is 5.37. The molecule has 192 valence electrons. The molecule has 0 heterocycles. The summed E-state index contributed by atoms with van der Waals surface area (Å²) >= 11 is 12.7. The van der Waals surface area contributed by atoms with Gasteiger partial charge in [-0.05, 0) is 58.4 Å². The van der Waals surface area contributed by atoms with E-state index >= 15 is 0 Å². The van der Waals surface area contributed by atoms with Crippen LogP contribution in [0.5, 0.6) is 0 Å². The lowest BCUT2D eigenvalue weighted by molar-refractivity contribution is -0.141. The number of carbonyl (C=O) groups excluding carboxylic acids is 2. The Labute approximate surface area is 218 Å². The standard InChI is InChI=1S/C25H33Cl2N3O4S/c1-18(24(32)28-25(2,3)4)30(17-20-21(26)13-9-14-22(20)27)23(31)15-10-16-29(5)35(33,34)19-11-7-6-8-12-19/h6-9,11-14,18H,10,15-17H2,1-5H3,(H,28,32)/t18-/m0/s1. The molecular weight excluding hydrogens is 509 g/mol. The molecule has 0 aliphatic rings. The van der Waals surface area contributed by atoms with Crippen LogP contribution in [0.4, 0.5) is 0 Å². The van der Waals surface area contributed by atoms with Crippen LogP contribution in [0.25, 0.3) is 0 Å². The van der Waals surface area contributed by atoms with Crippen molar-refractivity contribution in [2.24, 2.45) is 0 Å². The monoisotopic (exact) mass is 541 g/mol. The van der Waals surface area contributed by atoms with Crippen LogP contribution in [0, 0.1) is 0 Å². The zero-order valence-corrected chi connectivity index (χ0v) is 23.0. The predicted molar refractivity (Wildman–Crippen MR) is 140 cm³/mol. The highest BCUT2D eigenvalue weighted by molar-refractivity contribution is 7.89. The Morgan fingerprint density at radius 2 is 1.57 bits per heavy atom. The van der Waals surface area contributed by atoms with Gasteiger partial charge in [0.05, 0.1) is 4.90 Å². The van der Waals surface area contributed by atoms with E-state index in [9.17, 15) is 18.0 Å². The molecule has 0 aromatic heterocycles. The van der Waals surface area contributed by atoms with Gasteiger partial charge in [-0.3, -0.25) is 9.59 Å². The van der Waals surface area contributed by atoms with E-state index in [1.807, 2.05) is 20.8 Å². The molecule has 0 unspecified atom stereocenters. The molecule has 10 heteroatoms. The third-order valence-corrected chi connectivity index (χ3v) is 7.95. The molecule has 0 saturated carbocycles. The molecule has 2 rings (SSSR count). The lowest BCUT2D eigenvalue weighted by atomic mass is 10.1. The van der Waals surface area contributed by atoms with Gasteiger partial charge in [0.1, 0.15) is 6.04 Å². The average Bonchev–Trinajstić information content (AvgIpc) is 2.77. The second-order valence-corrected chi connectivity index (χ2v) is 12.2. The number of rotatable bonds is 10. The van der Waals surface area contributed by atoms with E-state index in [0.717, 1.165) is 0 Å². The van der Waals surface area contributed by atoms with Gasteiger partial charge in [0, 0.05) is 47.7 Å². The maximum absolute atomic E-state index is 13.3. The number of sulfonamides is 1. The van der Waals surface area contributed by atoms with Gasteiger partial charge in [-0.2, -0.15) is 0 Å². The third kappa shape index (κ3) is 8.20. The van der Waals surface area contributed by atoms with Crippen molar-refractivity contribution in [3.8, 4) is 0 Å². The molecular formula is C25H33Cl2N3O4S. The van der Waals surface area contributed by atoms with Gasteiger partial charge in [0.25, 0.3) is 0 Å². The molecule has 0 aliphatic heterocycles. The topological polar surface area (TPSA) is 86.8 Å². The second-order valence-electron chi connectivity index (χ2n) is 9.38. The first kappa shape index (κ1) is 29.1. The first-order valence-corrected chi connectivity index (χ1v) is 13.5. The highest BCUT2D eigenvalue weighted by atomic mass is 35.5. The Morgan fingerprint density at radius 1 is 1.00 bits per heavy atom. The lowest BCUT2D eigenvalue weighted by Crippen LogP contribution is -2.52. The van der Waals surface area contributed by atoms with E-state index in [-0.39, 0.29) is 42.6 Å². The Morgan fingerprint density at radius 3 is 2.11 bits per heavy atom. The second kappa shape index (κ2) is 12.2. The average molecular weight is 543 g/mol. The first-order chi connectivity index (χ1) is 16.2. The molecule has 0 saturated heterocycles. The molecule has 0 spiro atoms. The van der Waals surface area contributed by atoms with Gasteiger partial charge >= 0.3 is 0 Å². The van der Waals surface area contributed by atoms with Crippen molar-refractivity contribution >= 4 is 45.0 Å². The largest absolute Gasteiger partial charge is 0.350 e. The summed E-state index contributed by atoms with van der Waals surface area (Å²) in [5.74, 6) is -0.610. The maximum Gasteiger partial charge on any atom is 0.242 e. The van der Waals surface area contributed by atoms with Crippen LogP contribution < -0.4 is 5.32 Å². The van der Waals surface area contributed by atoms with E-state index < -0.39 is 21.6 Å². The minimum absolute atomic E-state index is 0.0455. The molecule has 35 heavy (non-hydrogen) atoms. The van der Waals surface area contributed by atoms with Crippen LogP contribution >= 0.6 is 23.2 Å². The molecule has 0 bridgehead atoms. The van der Waals surface area contributed by atoms with Gasteiger partial charge in [-0.15, -0.1) is 0 Å². The molecule has 2 amide bonds. The number of hydrogen-bond acceptors (Lipinski definition) is 4.